The summed E-state index contributed by atoms with van der Waals surface area (Å²) in [5.74, 6) is -0.419. The maximum absolute atomic E-state index is 13.3. The molecule has 0 aliphatic carbocycles. The van der Waals surface area contributed by atoms with Gasteiger partial charge in [-0.3, -0.25) is 0 Å². The molecule has 2 aromatic rings. The van der Waals surface area contributed by atoms with Gasteiger partial charge in [0.05, 0.1) is 23.3 Å². The molecule has 128 valence electrons. The van der Waals surface area contributed by atoms with Crippen molar-refractivity contribution in [2.75, 3.05) is 0 Å². The van der Waals surface area contributed by atoms with Crippen LogP contribution in [0.1, 0.15) is 37.3 Å². The number of piperidine rings is 1. The molecule has 2 aliphatic rings. The standard InChI is InChI=1S/C16H19FN4O2S/c1-11-8-12(17)2-5-16(11)24(22,23)20-13-3-4-14(20)10-15(9-13)21-18-6-7-19-21/h2,5-8,13-15H,3-4,9-10H2,1H3. The average Bonchev–Trinajstić information content (AvgIpc) is 3.14. The van der Waals surface area contributed by atoms with Gasteiger partial charge in [0.1, 0.15) is 5.82 Å². The SMILES string of the molecule is Cc1cc(F)ccc1S(=O)(=O)N1C2CCC1CC(n1nccn1)C2. The van der Waals surface area contributed by atoms with Gasteiger partial charge in [0.25, 0.3) is 0 Å². The summed E-state index contributed by atoms with van der Waals surface area (Å²) in [5.41, 5.74) is 0.449. The number of nitrogens with zero attached hydrogens (tertiary/aromatic N) is 4. The minimum Gasteiger partial charge on any atom is -0.207 e. The summed E-state index contributed by atoms with van der Waals surface area (Å²) in [4.78, 5) is 1.90. The Labute approximate surface area is 140 Å². The molecule has 0 N–H and O–H groups in total. The van der Waals surface area contributed by atoms with E-state index in [4.69, 9.17) is 0 Å². The van der Waals surface area contributed by atoms with Gasteiger partial charge in [0, 0.05) is 12.1 Å². The van der Waals surface area contributed by atoms with E-state index in [2.05, 4.69) is 10.2 Å². The van der Waals surface area contributed by atoms with Gasteiger partial charge in [-0.15, -0.1) is 0 Å². The summed E-state index contributed by atoms with van der Waals surface area (Å²) < 4.78 is 41.3. The second-order valence-corrected chi connectivity index (χ2v) is 8.42. The Kier molecular flexibility index (Phi) is 3.69. The van der Waals surface area contributed by atoms with E-state index >= 15 is 0 Å². The van der Waals surface area contributed by atoms with Crippen LogP contribution in [0.4, 0.5) is 4.39 Å². The van der Waals surface area contributed by atoms with Gasteiger partial charge in [-0.05, 0) is 56.4 Å². The maximum Gasteiger partial charge on any atom is 0.243 e. The first-order valence-corrected chi connectivity index (χ1v) is 9.56. The summed E-state index contributed by atoms with van der Waals surface area (Å²) in [7, 11) is -3.62. The number of aryl methyl sites for hydroxylation is 1. The van der Waals surface area contributed by atoms with Gasteiger partial charge >= 0.3 is 0 Å². The third kappa shape index (κ3) is 2.44. The second kappa shape index (κ2) is 5.63. The third-order valence-corrected chi connectivity index (χ3v) is 7.26. The molecule has 2 fully saturated rings. The van der Waals surface area contributed by atoms with Crippen LogP contribution in [0.25, 0.3) is 0 Å². The fourth-order valence-corrected chi connectivity index (χ4v) is 6.22. The minimum absolute atomic E-state index is 0.0470. The molecule has 2 atom stereocenters. The molecular weight excluding hydrogens is 331 g/mol. The van der Waals surface area contributed by atoms with E-state index in [0.29, 0.717) is 18.4 Å². The van der Waals surface area contributed by atoms with Gasteiger partial charge in [-0.25, -0.2) is 12.8 Å². The highest BCUT2D eigenvalue weighted by atomic mass is 32.2. The summed E-state index contributed by atoms with van der Waals surface area (Å²) in [6.07, 6.45) is 6.42. The zero-order chi connectivity index (χ0) is 16.9. The lowest BCUT2D eigenvalue weighted by atomic mass is 10.0. The molecule has 0 spiro atoms. The topological polar surface area (TPSA) is 68.1 Å². The number of hydrogen-bond acceptors (Lipinski definition) is 4. The number of halogens is 1. The zero-order valence-corrected chi connectivity index (χ0v) is 14.2. The first-order valence-electron chi connectivity index (χ1n) is 8.12. The molecule has 2 saturated heterocycles. The van der Waals surface area contributed by atoms with Gasteiger partial charge in [0.2, 0.25) is 10.0 Å². The molecule has 0 amide bonds. The lowest BCUT2D eigenvalue weighted by Gasteiger charge is -2.37. The van der Waals surface area contributed by atoms with Crippen molar-refractivity contribution in [3.05, 3.63) is 42.0 Å². The van der Waals surface area contributed by atoms with Crippen LogP contribution in [0.2, 0.25) is 0 Å². The molecule has 1 aromatic carbocycles. The predicted molar refractivity (Wildman–Crippen MR) is 85.3 cm³/mol. The van der Waals surface area contributed by atoms with E-state index < -0.39 is 15.8 Å². The molecule has 2 bridgehead atoms. The number of rotatable bonds is 3. The Morgan fingerprint density at radius 3 is 2.29 bits per heavy atom. The predicted octanol–water partition coefficient (Wildman–Crippen LogP) is 2.28. The zero-order valence-electron chi connectivity index (χ0n) is 13.3. The Morgan fingerprint density at radius 1 is 1.08 bits per heavy atom. The minimum atomic E-state index is -3.62. The molecule has 8 heteroatoms. The first kappa shape index (κ1) is 15.7. The van der Waals surface area contributed by atoms with Crippen molar-refractivity contribution in [1.29, 1.82) is 0 Å². The normalized spacial score (nSPS) is 27.5. The fourth-order valence-electron chi connectivity index (χ4n) is 4.12. The largest absolute Gasteiger partial charge is 0.243 e. The van der Waals surface area contributed by atoms with E-state index in [-0.39, 0.29) is 23.0 Å². The third-order valence-electron chi connectivity index (χ3n) is 5.10. The molecule has 1 aromatic heterocycles. The van der Waals surface area contributed by atoms with Crippen molar-refractivity contribution in [2.45, 2.75) is 55.6 Å². The molecule has 24 heavy (non-hydrogen) atoms. The number of fused-ring (bicyclic) bond motifs is 2. The lowest BCUT2D eigenvalue weighted by Crippen LogP contribution is -2.47. The maximum atomic E-state index is 13.3. The first-order chi connectivity index (χ1) is 11.5. The Morgan fingerprint density at radius 2 is 1.71 bits per heavy atom. The average molecular weight is 350 g/mol. The summed E-state index contributed by atoms with van der Waals surface area (Å²) >= 11 is 0. The second-order valence-electron chi connectivity index (χ2n) is 6.60. The van der Waals surface area contributed by atoms with Crippen molar-refractivity contribution >= 4 is 10.0 Å². The molecule has 4 rings (SSSR count). The van der Waals surface area contributed by atoms with Crippen molar-refractivity contribution in [2.24, 2.45) is 0 Å². The van der Waals surface area contributed by atoms with Crippen LogP contribution in [-0.2, 0) is 10.0 Å². The number of hydrogen-bond donors (Lipinski definition) is 0. The number of sulfonamides is 1. The smallest absolute Gasteiger partial charge is 0.207 e. The highest BCUT2D eigenvalue weighted by molar-refractivity contribution is 7.89. The van der Waals surface area contributed by atoms with Crippen LogP contribution < -0.4 is 0 Å². The van der Waals surface area contributed by atoms with E-state index in [1.807, 2.05) is 0 Å². The van der Waals surface area contributed by atoms with Gasteiger partial charge in [0.15, 0.2) is 0 Å². The van der Waals surface area contributed by atoms with Gasteiger partial charge in [-0.2, -0.15) is 19.3 Å². The molecule has 3 heterocycles. The van der Waals surface area contributed by atoms with E-state index in [9.17, 15) is 12.8 Å². The number of benzene rings is 1. The molecule has 0 saturated carbocycles. The molecule has 0 radical (unpaired) electrons. The summed E-state index contributed by atoms with van der Waals surface area (Å²) in [6, 6.07) is 3.90. The van der Waals surface area contributed by atoms with Crippen LogP contribution in [0.5, 0.6) is 0 Å². The van der Waals surface area contributed by atoms with Crippen molar-refractivity contribution < 1.29 is 12.8 Å². The fraction of sp³-hybridized carbons (Fsp3) is 0.500. The van der Waals surface area contributed by atoms with Gasteiger partial charge < -0.3 is 0 Å². The number of aromatic nitrogens is 3. The van der Waals surface area contributed by atoms with Crippen molar-refractivity contribution in [3.63, 3.8) is 0 Å². The molecule has 6 nitrogen and oxygen atoms in total. The Hall–Kier alpha value is -1.80. The van der Waals surface area contributed by atoms with Crippen molar-refractivity contribution in [1.82, 2.24) is 19.3 Å². The highest BCUT2D eigenvalue weighted by Crippen LogP contribution is 2.43. The van der Waals surface area contributed by atoms with Crippen LogP contribution >= 0.6 is 0 Å². The lowest BCUT2D eigenvalue weighted by molar-refractivity contribution is 0.174. The molecular formula is C16H19FN4O2S. The van der Waals surface area contributed by atoms with E-state index in [1.54, 1.807) is 28.4 Å². The summed E-state index contributed by atoms with van der Waals surface area (Å²) in [5, 5.41) is 8.40. The van der Waals surface area contributed by atoms with Crippen LogP contribution in [-0.4, -0.2) is 39.8 Å². The van der Waals surface area contributed by atoms with Gasteiger partial charge in [-0.1, -0.05) is 0 Å². The highest BCUT2D eigenvalue weighted by Gasteiger charge is 2.48. The molecule has 2 aliphatic heterocycles. The monoisotopic (exact) mass is 350 g/mol. The van der Waals surface area contributed by atoms with Crippen LogP contribution in [0.15, 0.2) is 35.5 Å². The quantitative estimate of drug-likeness (QED) is 0.852. The Bertz CT molecular complexity index is 839. The van der Waals surface area contributed by atoms with Crippen molar-refractivity contribution in [3.8, 4) is 0 Å². The Balaban J connectivity index is 1.65. The molecule has 2 unspecified atom stereocenters. The van der Waals surface area contributed by atoms with E-state index in [1.165, 1.54) is 18.2 Å². The van der Waals surface area contributed by atoms with Crippen LogP contribution in [0, 0.1) is 12.7 Å². The van der Waals surface area contributed by atoms with Crippen LogP contribution in [0.3, 0.4) is 0 Å². The van der Waals surface area contributed by atoms with E-state index in [0.717, 1.165) is 12.8 Å². The summed E-state index contributed by atoms with van der Waals surface area (Å²) in [6.45, 7) is 1.64.